The molecule has 0 atom stereocenters. The highest BCUT2D eigenvalue weighted by molar-refractivity contribution is 7.26. The maximum absolute atomic E-state index is 6.45. The summed E-state index contributed by atoms with van der Waals surface area (Å²) >= 11 is 3.69. The lowest BCUT2D eigenvalue weighted by molar-refractivity contribution is 0.660. The minimum absolute atomic E-state index is 0.0659. The molecule has 6 nitrogen and oxygen atoms in total. The molecular weight excluding hydrogens is 1340 g/mol. The lowest BCUT2D eigenvalue weighted by atomic mass is 9.82. The van der Waals surface area contributed by atoms with Crippen LogP contribution in [-0.2, 0) is 5.41 Å². The van der Waals surface area contributed by atoms with Crippen LogP contribution in [0.1, 0.15) is 25.0 Å². The van der Waals surface area contributed by atoms with E-state index in [1.165, 1.54) is 79.4 Å². The summed E-state index contributed by atoms with van der Waals surface area (Å²) in [5, 5.41) is 9.50. The van der Waals surface area contributed by atoms with Crippen LogP contribution in [0, 0.1) is 0 Å². The number of thiophene rings is 2. The molecule has 8 heteroatoms. The number of fused-ring (bicyclic) bond motifs is 15. The Morgan fingerprint density at radius 3 is 1.07 bits per heavy atom. The van der Waals surface area contributed by atoms with Crippen LogP contribution in [-0.4, -0.2) is 0 Å². The van der Waals surface area contributed by atoms with Gasteiger partial charge in [0.1, 0.15) is 22.3 Å². The fourth-order valence-corrected chi connectivity index (χ4v) is 18.6. The van der Waals surface area contributed by atoms with Gasteiger partial charge in [-0.05, 0) is 191 Å². The molecule has 4 heterocycles. The highest BCUT2D eigenvalue weighted by atomic mass is 32.1. The van der Waals surface area contributed by atoms with Crippen LogP contribution in [0.25, 0.3) is 106 Å². The SMILES string of the molecule is CC1(C)c2ccccc2-c2cc(N(c3ccc4c(c3)oc3ccccc34)c3ccc4c(c3)sc3cccc(N(c5ccccc5)c5ccccc5)c34)ccc21.c1ccc(-c2cccc(N(c3ccc4c(c3)oc3ccccc34)c3ccc4c(c3)sc3cccc(N(c5ccccc5)c5ccccc5)c34)c2)cc1. The van der Waals surface area contributed by atoms with Crippen molar-refractivity contribution in [1.29, 1.82) is 0 Å². The van der Waals surface area contributed by atoms with Crippen LogP contribution in [0.15, 0.2) is 385 Å². The molecule has 0 unspecified atom stereocenters. The topological polar surface area (TPSA) is 39.2 Å². The summed E-state index contributed by atoms with van der Waals surface area (Å²) in [6.45, 7) is 4.68. The van der Waals surface area contributed by atoms with E-state index in [2.05, 4.69) is 385 Å². The van der Waals surface area contributed by atoms with Crippen molar-refractivity contribution < 1.29 is 8.83 Å². The van der Waals surface area contributed by atoms with E-state index >= 15 is 0 Å². The number of rotatable bonds is 13. The molecule has 4 aromatic heterocycles. The van der Waals surface area contributed by atoms with E-state index in [-0.39, 0.29) is 5.41 Å². The Morgan fingerprint density at radius 2 is 0.579 bits per heavy atom. The lowest BCUT2D eigenvalue weighted by Crippen LogP contribution is -2.15. The zero-order valence-corrected chi connectivity index (χ0v) is 60.4. The third-order valence-corrected chi connectivity index (χ3v) is 23.5. The molecule has 0 radical (unpaired) electrons. The molecule has 0 aliphatic heterocycles. The number of nitrogens with zero attached hydrogens (tertiary/aromatic N) is 4. The number of benzene rings is 16. The van der Waals surface area contributed by atoms with Crippen molar-refractivity contribution >= 4 is 175 Å². The van der Waals surface area contributed by atoms with Gasteiger partial charge in [0.05, 0.1) is 11.4 Å². The molecule has 1 aliphatic carbocycles. The van der Waals surface area contributed by atoms with E-state index in [0.29, 0.717) is 0 Å². The summed E-state index contributed by atoms with van der Waals surface area (Å²) in [6.07, 6.45) is 0. The van der Waals surface area contributed by atoms with Gasteiger partial charge < -0.3 is 28.4 Å². The van der Waals surface area contributed by atoms with E-state index in [9.17, 15) is 0 Å². The molecular formula is C99H68N4O2S2. The summed E-state index contributed by atoms with van der Waals surface area (Å²) < 4.78 is 17.8. The maximum atomic E-state index is 6.45. The monoisotopic (exact) mass is 1410 g/mol. The third kappa shape index (κ3) is 11.1. The van der Waals surface area contributed by atoms with Crippen LogP contribution in [0.5, 0.6) is 0 Å². The van der Waals surface area contributed by atoms with Crippen LogP contribution < -0.4 is 19.6 Å². The molecule has 0 spiro atoms. The first-order valence-electron chi connectivity index (χ1n) is 36.4. The summed E-state index contributed by atoms with van der Waals surface area (Å²) in [7, 11) is 0. The fourth-order valence-electron chi connectivity index (χ4n) is 16.3. The average molecular weight is 1410 g/mol. The Morgan fingerprint density at radius 1 is 0.224 bits per heavy atom. The molecule has 508 valence electrons. The van der Waals surface area contributed by atoms with E-state index in [0.717, 1.165) is 106 Å². The second-order valence-electron chi connectivity index (χ2n) is 27.9. The van der Waals surface area contributed by atoms with Crippen molar-refractivity contribution in [2.45, 2.75) is 19.3 Å². The minimum Gasteiger partial charge on any atom is -0.456 e. The van der Waals surface area contributed by atoms with Gasteiger partial charge >= 0.3 is 0 Å². The number of anilines is 12. The third-order valence-electron chi connectivity index (χ3n) is 21.3. The number of para-hydroxylation sites is 6. The lowest BCUT2D eigenvalue weighted by Gasteiger charge is -2.27. The summed E-state index contributed by atoms with van der Waals surface area (Å²) in [5.74, 6) is 0. The van der Waals surface area contributed by atoms with Gasteiger partial charge in [-0.2, -0.15) is 0 Å². The Balaban J connectivity index is 0.000000142. The predicted octanol–water partition coefficient (Wildman–Crippen LogP) is 29.8. The van der Waals surface area contributed by atoms with Gasteiger partial charge in [-0.1, -0.05) is 220 Å². The highest BCUT2D eigenvalue weighted by Crippen LogP contribution is 2.54. The number of hydrogen-bond donors (Lipinski definition) is 0. The van der Waals surface area contributed by atoms with Crippen LogP contribution >= 0.6 is 22.7 Å². The zero-order chi connectivity index (χ0) is 71.1. The van der Waals surface area contributed by atoms with Gasteiger partial charge in [0.25, 0.3) is 0 Å². The highest BCUT2D eigenvalue weighted by Gasteiger charge is 2.36. The van der Waals surface area contributed by atoms with Crippen LogP contribution in [0.4, 0.5) is 68.2 Å². The second kappa shape index (κ2) is 26.2. The van der Waals surface area contributed by atoms with Gasteiger partial charge in [0, 0.05) is 136 Å². The Kier molecular flexibility index (Phi) is 15.5. The quantitative estimate of drug-likeness (QED) is 0.115. The molecule has 0 bridgehead atoms. The first kappa shape index (κ1) is 63.4. The average Bonchev–Trinajstić information content (AvgIpc) is 1.59. The molecule has 1 aliphatic rings. The molecule has 0 saturated heterocycles. The fraction of sp³-hybridized carbons (Fsp3) is 0.0303. The van der Waals surface area contributed by atoms with E-state index < -0.39 is 0 Å². The molecule has 0 fully saturated rings. The summed E-state index contributed by atoms with van der Waals surface area (Å²) in [6, 6.07) is 135. The first-order valence-corrected chi connectivity index (χ1v) is 38.0. The molecule has 0 amide bonds. The summed E-state index contributed by atoms with van der Waals surface area (Å²) in [4.78, 5) is 9.49. The summed E-state index contributed by atoms with van der Waals surface area (Å²) in [5.41, 5.74) is 24.5. The molecule has 107 heavy (non-hydrogen) atoms. The van der Waals surface area contributed by atoms with E-state index in [4.69, 9.17) is 8.83 Å². The van der Waals surface area contributed by atoms with Gasteiger partial charge in [0.15, 0.2) is 0 Å². The molecule has 0 N–H and O–H groups in total. The molecule has 20 aromatic rings. The maximum Gasteiger partial charge on any atom is 0.137 e. The Hall–Kier alpha value is -13.2. The standard InChI is InChI=1S/C51H36N2OS.C48H32N2OS/c1-51(2)43-20-11-9-18-38(43)42-30-35(26-29-44(42)51)52(36-24-27-40-39-19-10-12-22-46(39)54-47(40)31-36)37-25-28-41-49(32-37)55-48-23-13-21-45(50(41)48)53(33-14-5-3-6-15-33)34-16-7-4-8-17-34;1-4-14-33(15-5-1)34-16-12-21-37(30-34)49(38-26-28-41-40-22-10-11-24-44(40)51-45(41)31-38)39-27-29-42-47(32-39)52-46-25-13-23-43(48(42)46)50(35-17-6-2-7-18-35)36-19-8-3-9-20-36/h3-32H,1-2H3;1-32H. The van der Waals surface area contributed by atoms with Crippen molar-refractivity contribution in [2.24, 2.45) is 0 Å². The van der Waals surface area contributed by atoms with Crippen LogP contribution in [0.3, 0.4) is 0 Å². The van der Waals surface area contributed by atoms with Crippen LogP contribution in [0.2, 0.25) is 0 Å². The van der Waals surface area contributed by atoms with Gasteiger partial charge in [-0.25, -0.2) is 0 Å². The van der Waals surface area contributed by atoms with Crippen molar-refractivity contribution in [3.05, 3.63) is 387 Å². The smallest absolute Gasteiger partial charge is 0.137 e. The van der Waals surface area contributed by atoms with Crippen molar-refractivity contribution in [3.8, 4) is 22.3 Å². The normalized spacial score (nSPS) is 12.3. The number of hydrogen-bond acceptors (Lipinski definition) is 8. The first-order chi connectivity index (χ1) is 52.8. The molecule has 16 aromatic carbocycles. The van der Waals surface area contributed by atoms with E-state index in [1.807, 2.05) is 46.9 Å². The Labute approximate surface area is 628 Å². The van der Waals surface area contributed by atoms with E-state index in [1.54, 1.807) is 0 Å². The van der Waals surface area contributed by atoms with Crippen molar-refractivity contribution in [3.63, 3.8) is 0 Å². The second-order valence-corrected chi connectivity index (χ2v) is 30.1. The van der Waals surface area contributed by atoms with Crippen molar-refractivity contribution in [2.75, 3.05) is 19.6 Å². The zero-order valence-electron chi connectivity index (χ0n) is 58.7. The molecule has 21 rings (SSSR count). The van der Waals surface area contributed by atoms with Gasteiger partial charge in [-0.3, -0.25) is 0 Å². The largest absolute Gasteiger partial charge is 0.456 e. The molecule has 0 saturated carbocycles. The van der Waals surface area contributed by atoms with Gasteiger partial charge in [0.2, 0.25) is 0 Å². The Bertz CT molecular complexity index is 6680. The van der Waals surface area contributed by atoms with Crippen molar-refractivity contribution in [1.82, 2.24) is 0 Å². The minimum atomic E-state index is -0.0659. The van der Waals surface area contributed by atoms with Gasteiger partial charge in [-0.15, -0.1) is 22.7 Å². The predicted molar refractivity (Wildman–Crippen MR) is 455 cm³/mol. The number of furan rings is 2.